The first-order valence-electron chi connectivity index (χ1n) is 6.58. The van der Waals surface area contributed by atoms with Gasteiger partial charge in [0.25, 0.3) is 5.91 Å². The highest BCUT2D eigenvalue weighted by Crippen LogP contribution is 2.32. The second-order valence-corrected chi connectivity index (χ2v) is 4.80. The summed E-state index contributed by atoms with van der Waals surface area (Å²) in [6.07, 6.45) is 1.87. The fourth-order valence-electron chi connectivity index (χ4n) is 2.37. The van der Waals surface area contributed by atoms with Gasteiger partial charge in [0.2, 0.25) is 6.79 Å². The van der Waals surface area contributed by atoms with E-state index < -0.39 is 0 Å². The summed E-state index contributed by atoms with van der Waals surface area (Å²) in [4.78, 5) is 15.4. The number of carbonyl (C=O) groups is 1. The van der Waals surface area contributed by atoms with Gasteiger partial charge in [-0.3, -0.25) is 4.79 Å². The molecule has 5 nitrogen and oxygen atoms in total. The Bertz CT molecular complexity index is 838. The van der Waals surface area contributed by atoms with Crippen LogP contribution in [0.15, 0.2) is 48.7 Å². The monoisotopic (exact) mass is 280 g/mol. The molecular weight excluding hydrogens is 268 g/mol. The largest absolute Gasteiger partial charge is 0.454 e. The first-order chi connectivity index (χ1) is 10.3. The van der Waals surface area contributed by atoms with Crippen molar-refractivity contribution in [2.45, 2.75) is 0 Å². The molecule has 3 aromatic rings. The molecule has 4 rings (SSSR count). The molecule has 0 bridgehead atoms. The molecule has 104 valence electrons. The van der Waals surface area contributed by atoms with Crippen molar-refractivity contribution in [1.29, 1.82) is 0 Å². The summed E-state index contributed by atoms with van der Waals surface area (Å²) in [6, 6.07) is 12.9. The number of anilines is 1. The smallest absolute Gasteiger partial charge is 0.255 e. The van der Waals surface area contributed by atoms with Crippen LogP contribution in [0.4, 0.5) is 5.69 Å². The molecule has 1 aromatic heterocycles. The minimum Gasteiger partial charge on any atom is -0.454 e. The second kappa shape index (κ2) is 4.56. The number of hydrogen-bond acceptors (Lipinski definition) is 3. The Morgan fingerprint density at radius 2 is 1.95 bits per heavy atom. The molecule has 0 saturated carbocycles. The zero-order valence-electron chi connectivity index (χ0n) is 11.1. The summed E-state index contributed by atoms with van der Waals surface area (Å²) >= 11 is 0. The molecule has 0 saturated heterocycles. The van der Waals surface area contributed by atoms with Gasteiger partial charge in [-0.25, -0.2) is 0 Å². The molecule has 0 atom stereocenters. The van der Waals surface area contributed by atoms with E-state index in [2.05, 4.69) is 10.3 Å². The number of H-pyrrole nitrogens is 1. The van der Waals surface area contributed by atoms with E-state index in [9.17, 15) is 4.79 Å². The zero-order chi connectivity index (χ0) is 14.2. The van der Waals surface area contributed by atoms with Gasteiger partial charge in [-0.2, -0.15) is 0 Å². The summed E-state index contributed by atoms with van der Waals surface area (Å²) in [5.41, 5.74) is 2.26. The molecule has 1 aliphatic heterocycles. The van der Waals surface area contributed by atoms with Crippen LogP contribution in [0.2, 0.25) is 0 Å². The number of aromatic nitrogens is 1. The molecule has 2 N–H and O–H groups in total. The van der Waals surface area contributed by atoms with Gasteiger partial charge in [0.05, 0.1) is 0 Å². The van der Waals surface area contributed by atoms with Crippen LogP contribution in [0, 0.1) is 0 Å². The summed E-state index contributed by atoms with van der Waals surface area (Å²) in [7, 11) is 0. The van der Waals surface area contributed by atoms with Crippen molar-refractivity contribution in [3.05, 3.63) is 54.2 Å². The molecule has 1 aliphatic rings. The van der Waals surface area contributed by atoms with E-state index in [-0.39, 0.29) is 12.7 Å². The van der Waals surface area contributed by atoms with Gasteiger partial charge in [0.1, 0.15) is 0 Å². The standard InChI is InChI=1S/C16H12N2O3/c19-16(11-2-4-14-15(7-11)21-9-20-14)18-12-3-1-10-5-6-17-13(10)8-12/h1-8,17H,9H2,(H,18,19). The van der Waals surface area contributed by atoms with E-state index in [0.29, 0.717) is 17.1 Å². The number of fused-ring (bicyclic) bond motifs is 2. The first-order valence-corrected chi connectivity index (χ1v) is 6.58. The van der Waals surface area contributed by atoms with Crippen molar-refractivity contribution >= 4 is 22.5 Å². The first kappa shape index (κ1) is 11.8. The summed E-state index contributed by atoms with van der Waals surface area (Å²) in [5, 5.41) is 3.98. The van der Waals surface area contributed by atoms with Crippen molar-refractivity contribution in [3.8, 4) is 11.5 Å². The normalized spacial score (nSPS) is 12.6. The Labute approximate surface area is 120 Å². The van der Waals surface area contributed by atoms with Gasteiger partial charge in [-0.15, -0.1) is 0 Å². The minimum atomic E-state index is -0.181. The Balaban J connectivity index is 1.59. The number of carbonyl (C=O) groups excluding carboxylic acids is 1. The maximum absolute atomic E-state index is 12.3. The third-order valence-electron chi connectivity index (χ3n) is 3.45. The SMILES string of the molecule is O=C(Nc1ccc2cc[nH]c2c1)c1ccc2c(c1)OCO2. The molecule has 0 fully saturated rings. The topological polar surface area (TPSA) is 63.4 Å². The zero-order valence-corrected chi connectivity index (χ0v) is 11.1. The van der Waals surface area contributed by atoms with Crippen molar-refractivity contribution < 1.29 is 14.3 Å². The molecule has 2 aromatic carbocycles. The number of benzene rings is 2. The molecule has 2 heterocycles. The fourth-order valence-corrected chi connectivity index (χ4v) is 2.37. The van der Waals surface area contributed by atoms with Gasteiger partial charge in [0.15, 0.2) is 11.5 Å². The molecule has 1 amide bonds. The molecule has 0 aliphatic carbocycles. The lowest BCUT2D eigenvalue weighted by Crippen LogP contribution is -2.11. The van der Waals surface area contributed by atoms with E-state index in [1.807, 2.05) is 30.5 Å². The maximum Gasteiger partial charge on any atom is 0.255 e. The highest BCUT2D eigenvalue weighted by atomic mass is 16.7. The maximum atomic E-state index is 12.3. The molecule has 21 heavy (non-hydrogen) atoms. The van der Waals surface area contributed by atoms with Crippen molar-refractivity contribution in [2.24, 2.45) is 0 Å². The minimum absolute atomic E-state index is 0.181. The van der Waals surface area contributed by atoms with E-state index in [0.717, 1.165) is 16.6 Å². The van der Waals surface area contributed by atoms with Crippen LogP contribution in [0.1, 0.15) is 10.4 Å². The van der Waals surface area contributed by atoms with Crippen LogP contribution in [-0.2, 0) is 0 Å². The Hall–Kier alpha value is -2.95. The van der Waals surface area contributed by atoms with E-state index in [1.165, 1.54) is 0 Å². The molecule has 5 heteroatoms. The molecule has 0 radical (unpaired) electrons. The third-order valence-corrected chi connectivity index (χ3v) is 3.45. The van der Waals surface area contributed by atoms with E-state index in [4.69, 9.17) is 9.47 Å². The molecular formula is C16H12N2O3. The summed E-state index contributed by atoms with van der Waals surface area (Å²) in [5.74, 6) is 1.08. The summed E-state index contributed by atoms with van der Waals surface area (Å²) < 4.78 is 10.5. The molecule has 0 spiro atoms. The van der Waals surface area contributed by atoms with Crippen molar-refractivity contribution in [3.63, 3.8) is 0 Å². The van der Waals surface area contributed by atoms with Crippen molar-refractivity contribution in [2.75, 3.05) is 12.1 Å². The number of aromatic amines is 1. The second-order valence-electron chi connectivity index (χ2n) is 4.80. The van der Waals surface area contributed by atoms with Crippen LogP contribution in [0.5, 0.6) is 11.5 Å². The third kappa shape index (κ3) is 2.08. The lowest BCUT2D eigenvalue weighted by molar-refractivity contribution is 0.102. The number of amides is 1. The van der Waals surface area contributed by atoms with Gasteiger partial charge >= 0.3 is 0 Å². The Morgan fingerprint density at radius 3 is 2.90 bits per heavy atom. The highest BCUT2D eigenvalue weighted by Gasteiger charge is 2.16. The van der Waals surface area contributed by atoms with Gasteiger partial charge in [-0.1, -0.05) is 6.07 Å². The molecule has 0 unspecified atom stereocenters. The van der Waals surface area contributed by atoms with Crippen LogP contribution in [0.3, 0.4) is 0 Å². The lowest BCUT2D eigenvalue weighted by Gasteiger charge is -2.06. The van der Waals surface area contributed by atoms with Gasteiger partial charge in [-0.05, 0) is 41.8 Å². The van der Waals surface area contributed by atoms with E-state index in [1.54, 1.807) is 18.2 Å². The van der Waals surface area contributed by atoms with Crippen LogP contribution < -0.4 is 14.8 Å². The van der Waals surface area contributed by atoms with Crippen LogP contribution in [0.25, 0.3) is 10.9 Å². The van der Waals surface area contributed by atoms with Crippen molar-refractivity contribution in [1.82, 2.24) is 4.98 Å². The Morgan fingerprint density at radius 1 is 1.05 bits per heavy atom. The number of rotatable bonds is 2. The van der Waals surface area contributed by atoms with Crippen LogP contribution >= 0.6 is 0 Å². The quantitative estimate of drug-likeness (QED) is 0.758. The van der Waals surface area contributed by atoms with Crippen LogP contribution in [-0.4, -0.2) is 17.7 Å². The Kier molecular flexibility index (Phi) is 2.57. The van der Waals surface area contributed by atoms with Gasteiger partial charge < -0.3 is 19.8 Å². The lowest BCUT2D eigenvalue weighted by atomic mass is 10.1. The average molecular weight is 280 g/mol. The number of ether oxygens (including phenoxy) is 2. The number of hydrogen-bond donors (Lipinski definition) is 2. The average Bonchev–Trinajstić information content (AvgIpc) is 3.14. The van der Waals surface area contributed by atoms with Gasteiger partial charge in [0, 0.05) is 23.0 Å². The predicted octanol–water partition coefficient (Wildman–Crippen LogP) is 3.15. The fraction of sp³-hybridized carbons (Fsp3) is 0.0625. The van der Waals surface area contributed by atoms with E-state index >= 15 is 0 Å². The summed E-state index contributed by atoms with van der Waals surface area (Å²) in [6.45, 7) is 0.198. The highest BCUT2D eigenvalue weighted by molar-refractivity contribution is 6.05. The number of nitrogens with one attached hydrogen (secondary N) is 2. The predicted molar refractivity (Wildman–Crippen MR) is 78.8 cm³/mol.